The average molecular weight is 469 g/mol. The van der Waals surface area contributed by atoms with Gasteiger partial charge in [0.2, 0.25) is 0 Å². The third kappa shape index (κ3) is 8.40. The van der Waals surface area contributed by atoms with Crippen LogP contribution in [0.15, 0.2) is 48.8 Å². The summed E-state index contributed by atoms with van der Waals surface area (Å²) in [6.45, 7) is 6.63. The lowest BCUT2D eigenvalue weighted by atomic mass is 10.0. The van der Waals surface area contributed by atoms with Crippen LogP contribution in [0, 0.1) is 11.6 Å². The number of nitrogens with one attached hydrogen (secondary N) is 2. The van der Waals surface area contributed by atoms with Crippen LogP contribution in [0.5, 0.6) is 0 Å². The molecule has 0 aliphatic heterocycles. The first-order valence-electron chi connectivity index (χ1n) is 10.5. The van der Waals surface area contributed by atoms with Crippen molar-refractivity contribution in [3.05, 3.63) is 71.6 Å². The van der Waals surface area contributed by atoms with Crippen molar-refractivity contribution in [2.75, 3.05) is 17.2 Å². The molecule has 0 atom stereocenters. The van der Waals surface area contributed by atoms with Gasteiger partial charge >= 0.3 is 6.18 Å². The van der Waals surface area contributed by atoms with Gasteiger partial charge in [-0.1, -0.05) is 39.8 Å². The second-order valence-electron chi connectivity index (χ2n) is 8.28. The van der Waals surface area contributed by atoms with Crippen molar-refractivity contribution in [3.8, 4) is 0 Å². The zero-order valence-electron chi connectivity index (χ0n) is 19.3. The Hall–Kier alpha value is -3.10. The molecular weight excluding hydrogens is 439 g/mol. The highest BCUT2D eigenvalue weighted by atomic mass is 19.4. The highest BCUT2D eigenvalue weighted by Gasteiger charge is 2.27. The number of aryl methyl sites for hydroxylation is 1. The van der Waals surface area contributed by atoms with Crippen LogP contribution in [0.4, 0.5) is 39.0 Å². The van der Waals surface area contributed by atoms with E-state index in [4.69, 9.17) is 0 Å². The molecule has 3 aromatic rings. The van der Waals surface area contributed by atoms with Crippen molar-refractivity contribution in [2.24, 2.45) is 7.05 Å². The fourth-order valence-electron chi connectivity index (χ4n) is 2.86. The van der Waals surface area contributed by atoms with E-state index in [2.05, 4.69) is 10.4 Å². The number of benzene rings is 2. The molecule has 0 aliphatic rings. The van der Waals surface area contributed by atoms with Gasteiger partial charge in [0.15, 0.2) is 0 Å². The number of rotatable bonds is 6. The van der Waals surface area contributed by atoms with Gasteiger partial charge in [-0.15, -0.1) is 0 Å². The summed E-state index contributed by atoms with van der Waals surface area (Å²) >= 11 is 0. The van der Waals surface area contributed by atoms with E-state index < -0.39 is 18.5 Å². The Balaban J connectivity index is 0.000000234. The fraction of sp³-hybridized carbons (Fsp3) is 0.375. The third-order valence-corrected chi connectivity index (χ3v) is 4.78. The second kappa shape index (κ2) is 11.2. The van der Waals surface area contributed by atoms with Crippen LogP contribution in [-0.2, 0) is 7.05 Å². The number of anilines is 3. The predicted molar refractivity (Wildman–Crippen MR) is 122 cm³/mol. The standard InChI is InChI=1S/C13H16FN3.C11H13F4N/c1-9(2)10-4-5-13(12(14)6-10)16-11-7-15-17(3)8-11;1-7(2)8-3-4-10(9(12)5-8)16-6-11(13,14)15/h4-9,16H,1-3H3;3-5,7,16H,6H2,1-2H3. The second-order valence-corrected chi connectivity index (χ2v) is 8.28. The third-order valence-electron chi connectivity index (χ3n) is 4.78. The Morgan fingerprint density at radius 2 is 1.39 bits per heavy atom. The van der Waals surface area contributed by atoms with E-state index in [0.717, 1.165) is 16.8 Å². The minimum absolute atomic E-state index is 0.123. The lowest BCUT2D eigenvalue weighted by molar-refractivity contribution is -0.115. The molecule has 0 bridgehead atoms. The predicted octanol–water partition coefficient (Wildman–Crippen LogP) is 7.35. The summed E-state index contributed by atoms with van der Waals surface area (Å²) in [6, 6.07) is 9.47. The van der Waals surface area contributed by atoms with Crippen molar-refractivity contribution in [1.29, 1.82) is 0 Å². The van der Waals surface area contributed by atoms with Crippen LogP contribution in [0.25, 0.3) is 0 Å². The molecule has 0 amide bonds. The van der Waals surface area contributed by atoms with Crippen molar-refractivity contribution >= 4 is 17.1 Å². The molecule has 0 unspecified atom stereocenters. The lowest BCUT2D eigenvalue weighted by Gasteiger charge is -2.12. The molecule has 2 N–H and O–H groups in total. The number of alkyl halides is 3. The Labute approximate surface area is 190 Å². The molecule has 1 heterocycles. The zero-order chi connectivity index (χ0) is 24.8. The van der Waals surface area contributed by atoms with Gasteiger partial charge < -0.3 is 10.6 Å². The molecule has 0 aliphatic carbocycles. The summed E-state index contributed by atoms with van der Waals surface area (Å²) in [6.07, 6.45) is -0.880. The molecule has 9 heteroatoms. The van der Waals surface area contributed by atoms with E-state index in [0.29, 0.717) is 11.6 Å². The molecule has 3 rings (SSSR count). The Morgan fingerprint density at radius 1 is 0.879 bits per heavy atom. The number of hydrogen-bond donors (Lipinski definition) is 2. The molecule has 2 aromatic carbocycles. The molecule has 0 saturated heterocycles. The minimum Gasteiger partial charge on any atom is -0.374 e. The van der Waals surface area contributed by atoms with Gasteiger partial charge in [-0.25, -0.2) is 8.78 Å². The maximum Gasteiger partial charge on any atom is 0.405 e. The Morgan fingerprint density at radius 3 is 1.79 bits per heavy atom. The molecule has 33 heavy (non-hydrogen) atoms. The summed E-state index contributed by atoms with van der Waals surface area (Å²) in [7, 11) is 1.82. The lowest BCUT2D eigenvalue weighted by Crippen LogP contribution is -2.21. The SMILES string of the molecule is CC(C)c1ccc(NCC(F)(F)F)c(F)c1.CC(C)c1ccc(Nc2cnn(C)c2)c(F)c1. The Kier molecular flexibility index (Phi) is 8.84. The maximum atomic E-state index is 13.8. The van der Waals surface area contributed by atoms with Crippen LogP contribution < -0.4 is 10.6 Å². The van der Waals surface area contributed by atoms with Gasteiger partial charge in [0, 0.05) is 13.2 Å². The van der Waals surface area contributed by atoms with Gasteiger partial charge in [-0.2, -0.15) is 18.3 Å². The van der Waals surface area contributed by atoms with Crippen molar-refractivity contribution < 1.29 is 22.0 Å². The molecular formula is C24H29F5N4. The van der Waals surface area contributed by atoms with E-state index in [-0.39, 0.29) is 17.4 Å². The molecule has 0 radical (unpaired) electrons. The molecule has 0 saturated carbocycles. The summed E-state index contributed by atoms with van der Waals surface area (Å²) < 4.78 is 64.5. The summed E-state index contributed by atoms with van der Waals surface area (Å²) in [5, 5.41) is 9.04. The summed E-state index contributed by atoms with van der Waals surface area (Å²) in [5.74, 6) is -0.418. The van der Waals surface area contributed by atoms with Crippen molar-refractivity contribution in [2.45, 2.75) is 45.7 Å². The number of nitrogens with zero attached hydrogens (tertiary/aromatic N) is 2. The molecule has 1 aromatic heterocycles. The normalized spacial score (nSPS) is 11.4. The number of aromatic nitrogens is 2. The average Bonchev–Trinajstić information content (AvgIpc) is 3.13. The summed E-state index contributed by atoms with van der Waals surface area (Å²) in [4.78, 5) is 0. The quantitative estimate of drug-likeness (QED) is 0.372. The van der Waals surface area contributed by atoms with E-state index in [1.807, 2.05) is 46.1 Å². The largest absolute Gasteiger partial charge is 0.405 e. The van der Waals surface area contributed by atoms with E-state index in [9.17, 15) is 22.0 Å². The summed E-state index contributed by atoms with van der Waals surface area (Å²) in [5.41, 5.74) is 2.89. The fourth-order valence-corrected chi connectivity index (χ4v) is 2.86. The molecule has 180 valence electrons. The smallest absolute Gasteiger partial charge is 0.374 e. The molecule has 4 nitrogen and oxygen atoms in total. The maximum absolute atomic E-state index is 13.8. The highest BCUT2D eigenvalue weighted by molar-refractivity contribution is 5.59. The number of hydrogen-bond acceptors (Lipinski definition) is 3. The van der Waals surface area contributed by atoms with Gasteiger partial charge in [-0.3, -0.25) is 4.68 Å². The van der Waals surface area contributed by atoms with Gasteiger partial charge in [-0.05, 0) is 47.2 Å². The van der Waals surface area contributed by atoms with Crippen LogP contribution in [0.2, 0.25) is 0 Å². The van der Waals surface area contributed by atoms with Gasteiger partial charge in [0.1, 0.15) is 18.2 Å². The van der Waals surface area contributed by atoms with Crippen LogP contribution in [0.3, 0.4) is 0 Å². The van der Waals surface area contributed by atoms with E-state index in [1.54, 1.807) is 35.3 Å². The number of halogens is 5. The van der Waals surface area contributed by atoms with E-state index >= 15 is 0 Å². The first-order chi connectivity index (χ1) is 15.4. The van der Waals surface area contributed by atoms with Crippen LogP contribution in [-0.4, -0.2) is 22.5 Å². The van der Waals surface area contributed by atoms with Crippen LogP contribution >= 0.6 is 0 Å². The molecule has 0 fully saturated rings. The van der Waals surface area contributed by atoms with Crippen molar-refractivity contribution in [1.82, 2.24) is 9.78 Å². The monoisotopic (exact) mass is 468 g/mol. The first-order valence-corrected chi connectivity index (χ1v) is 10.5. The topological polar surface area (TPSA) is 41.9 Å². The zero-order valence-corrected chi connectivity index (χ0v) is 19.3. The van der Waals surface area contributed by atoms with Crippen LogP contribution in [0.1, 0.15) is 50.7 Å². The van der Waals surface area contributed by atoms with Gasteiger partial charge in [0.25, 0.3) is 0 Å². The molecule has 0 spiro atoms. The Bertz CT molecular complexity index is 1040. The highest BCUT2D eigenvalue weighted by Crippen LogP contribution is 2.24. The first kappa shape index (κ1) is 26.2. The van der Waals surface area contributed by atoms with Crippen molar-refractivity contribution in [3.63, 3.8) is 0 Å². The van der Waals surface area contributed by atoms with Gasteiger partial charge in [0.05, 0.1) is 23.3 Å². The minimum atomic E-state index is -4.34. The van der Waals surface area contributed by atoms with E-state index in [1.165, 1.54) is 12.1 Å².